The molecule has 2 aromatic rings. The Morgan fingerprint density at radius 2 is 1.69 bits per heavy atom. The number of aromatic nitrogens is 2. The average Bonchev–Trinajstić information content (AvgIpc) is 3.24. The number of aryl methyl sites for hydroxylation is 2. The second-order valence-electron chi connectivity index (χ2n) is 9.27. The normalized spacial score (nSPS) is 19.5. The first-order chi connectivity index (χ1) is 17.4. The predicted octanol–water partition coefficient (Wildman–Crippen LogP) is 2.93. The van der Waals surface area contributed by atoms with Crippen molar-refractivity contribution in [3.63, 3.8) is 0 Å². The fourth-order valence-corrected chi connectivity index (χ4v) is 4.99. The SMILES string of the molecule is CCOC(=O)C1=C(CN2CCN(Cc3cn(CC)nc3C)CC2)N(CC)C(=O)N[C@H]1c1ccccc1. The molecule has 0 aliphatic carbocycles. The lowest BCUT2D eigenvalue weighted by Crippen LogP contribution is -2.53. The van der Waals surface area contributed by atoms with Gasteiger partial charge < -0.3 is 10.1 Å². The highest BCUT2D eigenvalue weighted by Crippen LogP contribution is 2.32. The van der Waals surface area contributed by atoms with Gasteiger partial charge in [-0.25, -0.2) is 9.59 Å². The van der Waals surface area contributed by atoms with E-state index in [9.17, 15) is 9.59 Å². The number of nitrogens with one attached hydrogen (secondary N) is 1. The van der Waals surface area contributed by atoms with E-state index in [0.29, 0.717) is 18.7 Å². The smallest absolute Gasteiger partial charge is 0.338 e. The maximum atomic E-state index is 13.2. The van der Waals surface area contributed by atoms with Gasteiger partial charge in [0.1, 0.15) is 0 Å². The van der Waals surface area contributed by atoms with Crippen LogP contribution in [0.25, 0.3) is 0 Å². The van der Waals surface area contributed by atoms with E-state index in [4.69, 9.17) is 4.74 Å². The van der Waals surface area contributed by atoms with Crippen LogP contribution in [0.4, 0.5) is 4.79 Å². The first kappa shape index (κ1) is 25.9. The van der Waals surface area contributed by atoms with Crippen molar-refractivity contribution in [3.8, 4) is 0 Å². The number of amides is 2. The fourth-order valence-electron chi connectivity index (χ4n) is 4.99. The molecule has 2 aliphatic rings. The van der Waals surface area contributed by atoms with Crippen molar-refractivity contribution in [3.05, 3.63) is 64.6 Å². The van der Waals surface area contributed by atoms with E-state index in [1.807, 2.05) is 41.9 Å². The number of esters is 1. The zero-order chi connectivity index (χ0) is 25.7. The summed E-state index contributed by atoms with van der Waals surface area (Å²) in [6, 6.07) is 8.92. The van der Waals surface area contributed by atoms with Crippen LogP contribution in [0.5, 0.6) is 0 Å². The Balaban J connectivity index is 1.54. The molecule has 0 bridgehead atoms. The molecule has 194 valence electrons. The van der Waals surface area contributed by atoms with Crippen LogP contribution in [-0.4, -0.2) is 82.4 Å². The lowest BCUT2D eigenvalue weighted by Gasteiger charge is -2.40. The average molecular weight is 495 g/mol. The summed E-state index contributed by atoms with van der Waals surface area (Å²) in [5.41, 5.74) is 4.48. The number of rotatable bonds is 9. The van der Waals surface area contributed by atoms with Gasteiger partial charge >= 0.3 is 12.0 Å². The Morgan fingerprint density at radius 1 is 1.03 bits per heavy atom. The highest BCUT2D eigenvalue weighted by Gasteiger charge is 2.38. The minimum Gasteiger partial charge on any atom is -0.463 e. The Hall–Kier alpha value is -3.17. The van der Waals surface area contributed by atoms with Crippen LogP contribution in [0.2, 0.25) is 0 Å². The predicted molar refractivity (Wildman–Crippen MR) is 138 cm³/mol. The first-order valence-corrected chi connectivity index (χ1v) is 13.0. The van der Waals surface area contributed by atoms with Gasteiger partial charge in [0.25, 0.3) is 0 Å². The Bertz CT molecular complexity index is 1090. The van der Waals surface area contributed by atoms with E-state index in [1.54, 1.807) is 11.8 Å². The first-order valence-electron chi connectivity index (χ1n) is 13.0. The quantitative estimate of drug-likeness (QED) is 0.540. The minimum absolute atomic E-state index is 0.184. The van der Waals surface area contributed by atoms with Gasteiger partial charge in [0.05, 0.1) is 23.9 Å². The van der Waals surface area contributed by atoms with Crippen molar-refractivity contribution in [1.29, 1.82) is 0 Å². The maximum absolute atomic E-state index is 13.2. The van der Waals surface area contributed by atoms with Crippen LogP contribution in [0.3, 0.4) is 0 Å². The molecule has 1 saturated heterocycles. The van der Waals surface area contributed by atoms with Gasteiger partial charge in [-0.05, 0) is 33.3 Å². The molecule has 1 aromatic heterocycles. The number of nitrogens with zero attached hydrogens (tertiary/aromatic N) is 5. The summed E-state index contributed by atoms with van der Waals surface area (Å²) in [6.45, 7) is 14.5. The summed E-state index contributed by atoms with van der Waals surface area (Å²) in [4.78, 5) is 32.8. The summed E-state index contributed by atoms with van der Waals surface area (Å²) < 4.78 is 7.46. The van der Waals surface area contributed by atoms with Crippen molar-refractivity contribution in [2.24, 2.45) is 0 Å². The molecule has 0 radical (unpaired) electrons. The van der Waals surface area contributed by atoms with Crippen LogP contribution >= 0.6 is 0 Å². The number of benzene rings is 1. The van der Waals surface area contributed by atoms with E-state index < -0.39 is 6.04 Å². The van der Waals surface area contributed by atoms with Crippen molar-refractivity contribution in [2.75, 3.05) is 45.9 Å². The molecule has 0 spiro atoms. The van der Waals surface area contributed by atoms with Crippen molar-refractivity contribution in [2.45, 2.75) is 46.8 Å². The van der Waals surface area contributed by atoms with Crippen LogP contribution in [0.1, 0.15) is 43.6 Å². The van der Waals surface area contributed by atoms with Gasteiger partial charge in [-0.2, -0.15) is 5.10 Å². The molecule has 1 atom stereocenters. The Labute approximate surface area is 213 Å². The number of hydrogen-bond donors (Lipinski definition) is 1. The van der Waals surface area contributed by atoms with E-state index in [-0.39, 0.29) is 18.6 Å². The van der Waals surface area contributed by atoms with Crippen LogP contribution in [-0.2, 0) is 22.6 Å². The summed E-state index contributed by atoms with van der Waals surface area (Å²) in [5, 5.41) is 7.60. The Kier molecular flexibility index (Phi) is 8.43. The van der Waals surface area contributed by atoms with Crippen molar-refractivity contribution < 1.29 is 14.3 Å². The highest BCUT2D eigenvalue weighted by atomic mass is 16.5. The van der Waals surface area contributed by atoms with Gasteiger partial charge in [-0.1, -0.05) is 30.3 Å². The fraction of sp³-hybridized carbons (Fsp3) is 0.519. The van der Waals surface area contributed by atoms with Crippen molar-refractivity contribution in [1.82, 2.24) is 29.8 Å². The molecule has 0 unspecified atom stereocenters. The number of piperazine rings is 1. The van der Waals surface area contributed by atoms with Crippen LogP contribution in [0.15, 0.2) is 47.8 Å². The molecule has 4 rings (SSSR count). The van der Waals surface area contributed by atoms with Gasteiger partial charge in [0.2, 0.25) is 0 Å². The molecule has 1 N–H and O–H groups in total. The maximum Gasteiger partial charge on any atom is 0.338 e. The third kappa shape index (κ3) is 5.63. The van der Waals surface area contributed by atoms with Gasteiger partial charge in [-0.15, -0.1) is 0 Å². The monoisotopic (exact) mass is 494 g/mol. The van der Waals surface area contributed by atoms with Gasteiger partial charge in [-0.3, -0.25) is 19.4 Å². The lowest BCUT2D eigenvalue weighted by molar-refractivity contribution is -0.139. The molecule has 2 amide bonds. The zero-order valence-corrected chi connectivity index (χ0v) is 21.9. The summed E-state index contributed by atoms with van der Waals surface area (Å²) in [6.07, 6.45) is 2.14. The van der Waals surface area contributed by atoms with Gasteiger partial charge in [0.15, 0.2) is 0 Å². The van der Waals surface area contributed by atoms with E-state index in [0.717, 1.165) is 56.2 Å². The molecule has 2 aliphatic heterocycles. The highest BCUT2D eigenvalue weighted by molar-refractivity contribution is 5.95. The number of hydrogen-bond acceptors (Lipinski definition) is 6. The molecule has 9 nitrogen and oxygen atoms in total. The number of carbonyl (C=O) groups excluding carboxylic acids is 2. The molecule has 1 fully saturated rings. The second kappa shape index (κ2) is 11.7. The minimum atomic E-state index is -0.532. The molecular weight excluding hydrogens is 456 g/mol. The third-order valence-electron chi connectivity index (χ3n) is 6.99. The topological polar surface area (TPSA) is 82.9 Å². The lowest BCUT2D eigenvalue weighted by atomic mass is 9.94. The van der Waals surface area contributed by atoms with E-state index in [1.165, 1.54) is 5.56 Å². The number of ether oxygens (including phenoxy) is 1. The summed E-state index contributed by atoms with van der Waals surface area (Å²) in [5.74, 6) is -0.373. The molecule has 36 heavy (non-hydrogen) atoms. The molecule has 9 heteroatoms. The molecular formula is C27H38N6O3. The zero-order valence-electron chi connectivity index (χ0n) is 21.9. The van der Waals surface area contributed by atoms with Crippen LogP contribution in [0, 0.1) is 6.92 Å². The Morgan fingerprint density at radius 3 is 2.28 bits per heavy atom. The third-order valence-corrected chi connectivity index (χ3v) is 6.99. The number of likely N-dealkylation sites (N-methyl/N-ethyl adjacent to an activating group) is 1. The number of carbonyl (C=O) groups is 2. The largest absolute Gasteiger partial charge is 0.463 e. The summed E-state index contributed by atoms with van der Waals surface area (Å²) >= 11 is 0. The standard InChI is InChI=1S/C27H38N6O3/c1-5-32-18-22(20(4)29-32)17-30-13-15-31(16-14-30)19-23-24(26(34)36-7-3)25(21-11-9-8-10-12-21)28-27(35)33(23)6-2/h8-12,18,25H,5-7,13-17,19H2,1-4H3,(H,28,35)/t25-/m0/s1. The number of urea groups is 1. The second-order valence-corrected chi connectivity index (χ2v) is 9.27. The van der Waals surface area contributed by atoms with E-state index >= 15 is 0 Å². The van der Waals surface area contributed by atoms with Crippen molar-refractivity contribution >= 4 is 12.0 Å². The summed E-state index contributed by atoms with van der Waals surface area (Å²) in [7, 11) is 0. The molecule has 3 heterocycles. The van der Waals surface area contributed by atoms with E-state index in [2.05, 4.69) is 40.3 Å². The molecule has 1 aromatic carbocycles. The van der Waals surface area contributed by atoms with Crippen LogP contribution < -0.4 is 5.32 Å². The molecule has 0 saturated carbocycles. The van der Waals surface area contributed by atoms with Gasteiger partial charge in [0, 0.05) is 69.8 Å².